The van der Waals surface area contributed by atoms with Crippen molar-refractivity contribution in [3.8, 4) is 12.1 Å². The maximum absolute atomic E-state index is 9.70. The summed E-state index contributed by atoms with van der Waals surface area (Å²) in [5, 5.41) is 34.1. The van der Waals surface area contributed by atoms with Gasteiger partial charge in [-0.2, -0.15) is 15.5 Å². The Morgan fingerprint density at radius 2 is 1.59 bits per heavy atom. The van der Waals surface area contributed by atoms with Gasteiger partial charge in [0.1, 0.15) is 0 Å². The molecule has 0 atom stereocenters. The Labute approximate surface area is 176 Å². The van der Waals surface area contributed by atoms with Crippen molar-refractivity contribution in [2.24, 2.45) is 0 Å². The third kappa shape index (κ3) is 4.52. The molecule has 7 nitrogen and oxygen atoms in total. The molecule has 0 unspecified atom stereocenters. The molecule has 0 saturated carbocycles. The maximum atomic E-state index is 9.70. The molecule has 0 radical (unpaired) electrons. The number of hydrogen-bond acceptors (Lipinski definition) is 7. The van der Waals surface area contributed by atoms with E-state index in [0.29, 0.717) is 38.7 Å². The predicted molar refractivity (Wildman–Crippen MR) is 114 cm³/mol. The van der Waals surface area contributed by atoms with Crippen LogP contribution in [0.15, 0.2) is 40.9 Å². The van der Waals surface area contributed by atoms with Gasteiger partial charge in [0.25, 0.3) is 0 Å². The van der Waals surface area contributed by atoms with E-state index in [1.54, 1.807) is 36.4 Å². The smallest absolute Gasteiger partial charge is 0.229 e. The zero-order chi connectivity index (χ0) is 21.0. The van der Waals surface area contributed by atoms with Crippen molar-refractivity contribution < 1.29 is 5.11 Å². The molecule has 0 amide bonds. The number of nitriles is 2. The Kier molecular flexibility index (Phi) is 6.08. The Bertz CT molecular complexity index is 1120. The number of nitrogens with one attached hydrogen (secondary N) is 2. The predicted octanol–water partition coefficient (Wildman–Crippen LogP) is 4.58. The summed E-state index contributed by atoms with van der Waals surface area (Å²) in [5.41, 5.74) is 4.91. The molecule has 29 heavy (non-hydrogen) atoms. The van der Waals surface area contributed by atoms with Gasteiger partial charge >= 0.3 is 0 Å². The van der Waals surface area contributed by atoms with Crippen LogP contribution in [0.5, 0.6) is 0 Å². The lowest BCUT2D eigenvalue weighted by Crippen LogP contribution is -2.07. The van der Waals surface area contributed by atoms with Crippen molar-refractivity contribution in [3.63, 3.8) is 0 Å². The summed E-state index contributed by atoms with van der Waals surface area (Å²) in [6.45, 7) is 3.55. The van der Waals surface area contributed by atoms with E-state index < -0.39 is 0 Å². The highest BCUT2D eigenvalue weighted by Crippen LogP contribution is 2.32. The summed E-state index contributed by atoms with van der Waals surface area (Å²) in [4.78, 5) is 8.85. The standard InChI is InChI=1S/C21H17BrN6O/c1-12-7-15(10-24)8-13(2)19(12)27-20-18(22)17(11-29)26-21(28-20)25-16-5-3-14(9-23)4-6-16/h3-8,29H,11H2,1-2H3,(H2,25,26,27,28). The second-order valence-corrected chi connectivity index (χ2v) is 7.14. The molecule has 0 aliphatic carbocycles. The van der Waals surface area contributed by atoms with Gasteiger partial charge in [0.05, 0.1) is 40.0 Å². The van der Waals surface area contributed by atoms with Crippen LogP contribution in [-0.4, -0.2) is 15.1 Å². The van der Waals surface area contributed by atoms with Gasteiger partial charge in [-0.05, 0) is 77.3 Å². The molecule has 3 rings (SSSR count). The Hall–Kier alpha value is -3.46. The number of aliphatic hydroxyl groups excluding tert-OH is 1. The number of aryl methyl sites for hydroxylation is 2. The fraction of sp³-hybridized carbons (Fsp3) is 0.143. The number of aromatic nitrogens is 2. The molecular formula is C21H17BrN6O. The van der Waals surface area contributed by atoms with Crippen molar-refractivity contribution in [3.05, 3.63) is 68.8 Å². The first-order valence-electron chi connectivity index (χ1n) is 8.68. The third-order valence-corrected chi connectivity index (χ3v) is 5.08. The van der Waals surface area contributed by atoms with E-state index in [-0.39, 0.29) is 6.61 Å². The SMILES string of the molecule is Cc1cc(C#N)cc(C)c1Nc1nc(Nc2ccc(C#N)cc2)nc(CO)c1Br. The lowest BCUT2D eigenvalue weighted by molar-refractivity contribution is 0.276. The first kappa shape index (κ1) is 20.3. The second-order valence-electron chi connectivity index (χ2n) is 6.35. The minimum absolute atomic E-state index is 0.273. The summed E-state index contributed by atoms with van der Waals surface area (Å²) in [5.74, 6) is 0.782. The van der Waals surface area contributed by atoms with Crippen LogP contribution in [0.1, 0.15) is 27.9 Å². The number of nitrogens with zero attached hydrogens (tertiary/aromatic N) is 4. The minimum atomic E-state index is -0.273. The van der Waals surface area contributed by atoms with E-state index in [1.165, 1.54) is 0 Å². The van der Waals surface area contributed by atoms with Crippen LogP contribution >= 0.6 is 15.9 Å². The van der Waals surface area contributed by atoms with Crippen LogP contribution in [0.3, 0.4) is 0 Å². The van der Waals surface area contributed by atoms with Crippen molar-refractivity contribution in [1.82, 2.24) is 9.97 Å². The molecular weight excluding hydrogens is 432 g/mol. The quantitative estimate of drug-likeness (QED) is 0.522. The van der Waals surface area contributed by atoms with Crippen LogP contribution in [-0.2, 0) is 6.61 Å². The van der Waals surface area contributed by atoms with Crippen LogP contribution in [0.2, 0.25) is 0 Å². The summed E-state index contributed by atoms with van der Waals surface area (Å²) in [6.07, 6.45) is 0. The van der Waals surface area contributed by atoms with Crippen molar-refractivity contribution in [1.29, 1.82) is 10.5 Å². The average molecular weight is 449 g/mol. The van der Waals surface area contributed by atoms with E-state index in [0.717, 1.165) is 16.8 Å². The monoisotopic (exact) mass is 448 g/mol. The first-order valence-corrected chi connectivity index (χ1v) is 9.47. The molecule has 0 fully saturated rings. The summed E-state index contributed by atoms with van der Waals surface area (Å²) in [6, 6.07) is 14.7. The molecule has 0 bridgehead atoms. The lowest BCUT2D eigenvalue weighted by Gasteiger charge is -2.16. The topological polar surface area (TPSA) is 118 Å². The number of rotatable bonds is 5. The van der Waals surface area contributed by atoms with Gasteiger partial charge in [-0.1, -0.05) is 0 Å². The normalized spacial score (nSPS) is 10.1. The van der Waals surface area contributed by atoms with Gasteiger partial charge in [0.2, 0.25) is 5.95 Å². The number of aliphatic hydroxyl groups is 1. The summed E-state index contributed by atoms with van der Waals surface area (Å²) in [7, 11) is 0. The highest BCUT2D eigenvalue weighted by molar-refractivity contribution is 9.10. The van der Waals surface area contributed by atoms with Crippen molar-refractivity contribution >= 4 is 39.1 Å². The number of halogens is 1. The highest BCUT2D eigenvalue weighted by atomic mass is 79.9. The Morgan fingerprint density at radius 1 is 0.966 bits per heavy atom. The van der Waals surface area contributed by atoms with Gasteiger partial charge in [-0.3, -0.25) is 0 Å². The fourth-order valence-corrected chi connectivity index (χ4v) is 3.24. The Balaban J connectivity index is 1.98. The average Bonchev–Trinajstić information content (AvgIpc) is 2.72. The fourth-order valence-electron chi connectivity index (χ4n) is 2.84. The van der Waals surface area contributed by atoms with Gasteiger partial charge in [0, 0.05) is 11.4 Å². The van der Waals surface area contributed by atoms with E-state index in [2.05, 4.69) is 48.7 Å². The minimum Gasteiger partial charge on any atom is -0.390 e. The highest BCUT2D eigenvalue weighted by Gasteiger charge is 2.15. The van der Waals surface area contributed by atoms with E-state index in [1.807, 2.05) is 13.8 Å². The van der Waals surface area contributed by atoms with Crippen LogP contribution in [0.25, 0.3) is 0 Å². The van der Waals surface area contributed by atoms with Gasteiger partial charge in [-0.25, -0.2) is 4.98 Å². The van der Waals surface area contributed by atoms with Gasteiger partial charge < -0.3 is 15.7 Å². The zero-order valence-electron chi connectivity index (χ0n) is 15.8. The molecule has 0 saturated heterocycles. The summed E-state index contributed by atoms with van der Waals surface area (Å²) >= 11 is 3.45. The summed E-state index contributed by atoms with van der Waals surface area (Å²) < 4.78 is 0.550. The van der Waals surface area contributed by atoms with E-state index in [9.17, 15) is 5.11 Å². The molecule has 8 heteroatoms. The molecule has 0 spiro atoms. The first-order chi connectivity index (χ1) is 13.9. The van der Waals surface area contributed by atoms with Crippen LogP contribution < -0.4 is 10.6 Å². The molecule has 0 aliphatic heterocycles. The molecule has 1 heterocycles. The van der Waals surface area contributed by atoms with Gasteiger partial charge in [-0.15, -0.1) is 0 Å². The molecule has 3 N–H and O–H groups in total. The third-order valence-electron chi connectivity index (χ3n) is 4.24. The second kappa shape index (κ2) is 8.70. The van der Waals surface area contributed by atoms with Crippen LogP contribution in [0.4, 0.5) is 23.1 Å². The van der Waals surface area contributed by atoms with Crippen LogP contribution in [0, 0.1) is 36.5 Å². The molecule has 0 aliphatic rings. The number of benzene rings is 2. The maximum Gasteiger partial charge on any atom is 0.229 e. The molecule has 144 valence electrons. The zero-order valence-corrected chi connectivity index (χ0v) is 17.4. The van der Waals surface area contributed by atoms with E-state index in [4.69, 9.17) is 10.5 Å². The van der Waals surface area contributed by atoms with Gasteiger partial charge in [0.15, 0.2) is 5.82 Å². The Morgan fingerprint density at radius 3 is 2.14 bits per heavy atom. The molecule has 2 aromatic carbocycles. The molecule has 1 aromatic heterocycles. The van der Waals surface area contributed by atoms with Crippen molar-refractivity contribution in [2.75, 3.05) is 10.6 Å². The largest absolute Gasteiger partial charge is 0.390 e. The number of hydrogen-bond donors (Lipinski definition) is 3. The van der Waals surface area contributed by atoms with Crippen molar-refractivity contribution in [2.45, 2.75) is 20.5 Å². The number of anilines is 4. The van der Waals surface area contributed by atoms with E-state index >= 15 is 0 Å². The molecule has 3 aromatic rings. The lowest BCUT2D eigenvalue weighted by atomic mass is 10.0.